The average Bonchev–Trinajstić information content (AvgIpc) is 3.42. The van der Waals surface area contributed by atoms with Crippen LogP contribution >= 0.6 is 0 Å². The summed E-state index contributed by atoms with van der Waals surface area (Å²) in [6, 6.07) is 5.88. The van der Waals surface area contributed by atoms with Gasteiger partial charge in [-0.15, -0.1) is 0 Å². The Morgan fingerprint density at radius 2 is 1.50 bits per heavy atom. The number of rotatable bonds is 5. The van der Waals surface area contributed by atoms with E-state index in [2.05, 4.69) is 48.1 Å². The number of carboxylic acids is 2. The molecule has 7 nitrogen and oxygen atoms in total. The van der Waals surface area contributed by atoms with Crippen molar-refractivity contribution < 1.29 is 34.4 Å². The van der Waals surface area contributed by atoms with Crippen LogP contribution in [-0.4, -0.2) is 39.3 Å². The molecular formula is C37H50O7. The second-order valence-electron chi connectivity index (χ2n) is 16.5. The van der Waals surface area contributed by atoms with Gasteiger partial charge in [0.15, 0.2) is 0 Å². The summed E-state index contributed by atoms with van der Waals surface area (Å²) in [4.78, 5) is 39.7. The van der Waals surface area contributed by atoms with Crippen LogP contribution in [0.4, 0.5) is 0 Å². The molecule has 3 N–H and O–H groups in total. The molecule has 5 fully saturated rings. The van der Waals surface area contributed by atoms with Crippen LogP contribution in [0.3, 0.4) is 0 Å². The zero-order chi connectivity index (χ0) is 32.2. The van der Waals surface area contributed by atoms with E-state index in [4.69, 9.17) is 4.74 Å². The number of ether oxygens (including phenoxy) is 1. The Morgan fingerprint density at radius 1 is 0.841 bits per heavy atom. The molecule has 0 aromatic heterocycles. The molecule has 7 heteroatoms. The molecule has 0 radical (unpaired) electrons. The van der Waals surface area contributed by atoms with Gasteiger partial charge in [0.1, 0.15) is 17.8 Å². The second kappa shape index (κ2) is 9.83. The molecule has 11 unspecified atom stereocenters. The number of hydrogen-bond donors (Lipinski definition) is 3. The van der Waals surface area contributed by atoms with E-state index in [1.54, 1.807) is 0 Å². The summed E-state index contributed by atoms with van der Waals surface area (Å²) in [7, 11) is 0. The van der Waals surface area contributed by atoms with E-state index in [0.29, 0.717) is 12.8 Å². The molecule has 0 bridgehead atoms. The molecule has 6 rings (SSSR count). The predicted octanol–water partition coefficient (Wildman–Crippen LogP) is 7.58. The summed E-state index contributed by atoms with van der Waals surface area (Å²) >= 11 is 0. The highest BCUT2D eigenvalue weighted by molar-refractivity contribution is 5.90. The smallest absolute Gasteiger partial charge is 0.338 e. The zero-order valence-electron chi connectivity index (χ0n) is 27.2. The van der Waals surface area contributed by atoms with Crippen molar-refractivity contribution in [1.29, 1.82) is 0 Å². The minimum Gasteiger partial charge on any atom is -0.508 e. The standard InChI is InChI=1S/C37H50O7/c1-20(2)23-14-17-37(32(42)43)19-18-34(5)24(27(23)37)12-13-26-35(34,6)16-15-25-33(3,4)29(28(30(39)40)36(25,26)7)44-31(41)21-8-10-22(38)11-9-21/h8-11,23-29,38H,1,12-19H2,2-7H3,(H,39,40)(H,42,43). The van der Waals surface area contributed by atoms with Crippen molar-refractivity contribution in [2.45, 2.75) is 99.0 Å². The van der Waals surface area contributed by atoms with Crippen molar-refractivity contribution >= 4 is 17.9 Å². The second-order valence-corrected chi connectivity index (χ2v) is 16.5. The van der Waals surface area contributed by atoms with Crippen LogP contribution in [0.5, 0.6) is 5.75 Å². The van der Waals surface area contributed by atoms with E-state index >= 15 is 0 Å². The molecule has 0 amide bonds. The minimum absolute atomic E-state index is 0.0447. The van der Waals surface area contributed by atoms with Crippen molar-refractivity contribution in [2.24, 2.45) is 62.6 Å². The highest BCUT2D eigenvalue weighted by Crippen LogP contribution is 2.79. The Kier molecular flexibility index (Phi) is 6.96. The molecule has 5 saturated carbocycles. The number of carbonyl (C=O) groups is 3. The summed E-state index contributed by atoms with van der Waals surface area (Å²) in [6.07, 6.45) is 5.79. The van der Waals surface area contributed by atoms with Gasteiger partial charge in [0, 0.05) is 5.41 Å². The minimum atomic E-state index is -0.921. The zero-order valence-corrected chi connectivity index (χ0v) is 27.2. The molecule has 11 atom stereocenters. The number of aliphatic carboxylic acids is 2. The largest absolute Gasteiger partial charge is 0.508 e. The van der Waals surface area contributed by atoms with Gasteiger partial charge < -0.3 is 20.1 Å². The van der Waals surface area contributed by atoms with Gasteiger partial charge in [0.25, 0.3) is 0 Å². The van der Waals surface area contributed by atoms with E-state index in [1.165, 1.54) is 24.3 Å². The average molecular weight is 607 g/mol. The van der Waals surface area contributed by atoms with Gasteiger partial charge in [0.05, 0.1) is 11.0 Å². The first-order chi connectivity index (χ1) is 20.5. The maximum Gasteiger partial charge on any atom is 0.338 e. The number of fused-ring (bicyclic) bond motifs is 7. The summed E-state index contributed by atoms with van der Waals surface area (Å²) in [5.41, 5.74) is -0.829. The molecule has 5 aliphatic rings. The molecule has 0 heterocycles. The Bertz CT molecular complexity index is 1400. The topological polar surface area (TPSA) is 121 Å². The maximum atomic E-state index is 13.4. The Morgan fingerprint density at radius 3 is 2.09 bits per heavy atom. The first kappa shape index (κ1) is 31.2. The van der Waals surface area contributed by atoms with Crippen LogP contribution < -0.4 is 0 Å². The molecule has 0 saturated heterocycles. The van der Waals surface area contributed by atoms with Crippen molar-refractivity contribution in [3.8, 4) is 5.75 Å². The molecule has 44 heavy (non-hydrogen) atoms. The van der Waals surface area contributed by atoms with Crippen LogP contribution in [0.2, 0.25) is 0 Å². The van der Waals surface area contributed by atoms with E-state index in [0.717, 1.165) is 44.1 Å². The van der Waals surface area contributed by atoms with E-state index < -0.39 is 46.2 Å². The number of phenolic OH excluding ortho intramolecular Hbond substituents is 1. The number of esters is 1. The number of phenols is 1. The first-order valence-corrected chi connectivity index (χ1v) is 16.6. The molecular weight excluding hydrogens is 556 g/mol. The number of carboxylic acid groups (broad SMARTS) is 2. The molecule has 1 aromatic carbocycles. The van der Waals surface area contributed by atoms with E-state index in [1.807, 2.05) is 0 Å². The summed E-state index contributed by atoms with van der Waals surface area (Å²) < 4.78 is 6.19. The predicted molar refractivity (Wildman–Crippen MR) is 166 cm³/mol. The number of benzene rings is 1. The van der Waals surface area contributed by atoms with Gasteiger partial charge in [0.2, 0.25) is 0 Å². The fraction of sp³-hybridized carbons (Fsp3) is 0.703. The maximum absolute atomic E-state index is 13.4. The van der Waals surface area contributed by atoms with Crippen molar-refractivity contribution in [3.05, 3.63) is 42.0 Å². The SMILES string of the molecule is C=C(C)C1CCC2(C(=O)O)CCC3(C)C(CCC4C5(C)C(C(=O)O)C(OC(=O)c6ccc(O)cc6)C(C)(C)C5CCC43C)C12. The van der Waals surface area contributed by atoms with Crippen LogP contribution in [0.1, 0.15) is 103 Å². The molecule has 5 aliphatic carbocycles. The van der Waals surface area contributed by atoms with Gasteiger partial charge in [-0.2, -0.15) is 0 Å². The first-order valence-electron chi connectivity index (χ1n) is 16.6. The Hall–Kier alpha value is -2.83. The van der Waals surface area contributed by atoms with Crippen LogP contribution in [-0.2, 0) is 14.3 Å². The van der Waals surface area contributed by atoms with E-state index in [-0.39, 0.29) is 51.7 Å². The number of carbonyl (C=O) groups excluding carboxylic acids is 1. The highest BCUT2D eigenvalue weighted by atomic mass is 16.5. The lowest BCUT2D eigenvalue weighted by atomic mass is 9.34. The summed E-state index contributed by atoms with van der Waals surface area (Å²) in [5.74, 6) is -2.35. The molecule has 240 valence electrons. The lowest BCUT2D eigenvalue weighted by Crippen LogP contribution is -2.65. The fourth-order valence-corrected chi connectivity index (χ4v) is 12.8. The molecule has 0 spiro atoms. The third kappa shape index (κ3) is 3.82. The molecule has 1 aromatic rings. The molecule has 0 aliphatic heterocycles. The van der Waals surface area contributed by atoms with Gasteiger partial charge in [-0.05, 0) is 128 Å². The van der Waals surface area contributed by atoms with Crippen LogP contribution in [0.15, 0.2) is 36.4 Å². The third-order valence-corrected chi connectivity index (χ3v) is 14.9. The Labute approximate surface area is 261 Å². The summed E-state index contributed by atoms with van der Waals surface area (Å²) in [5, 5.41) is 31.3. The van der Waals surface area contributed by atoms with Gasteiger partial charge >= 0.3 is 17.9 Å². The van der Waals surface area contributed by atoms with Gasteiger partial charge in [-0.25, -0.2) is 4.79 Å². The lowest BCUT2D eigenvalue weighted by molar-refractivity contribution is -0.228. The quantitative estimate of drug-likeness (QED) is 0.233. The highest BCUT2D eigenvalue weighted by Gasteiger charge is 2.76. The monoisotopic (exact) mass is 606 g/mol. The van der Waals surface area contributed by atoms with Crippen LogP contribution in [0, 0.1) is 62.6 Å². The van der Waals surface area contributed by atoms with Crippen molar-refractivity contribution in [3.63, 3.8) is 0 Å². The number of aromatic hydroxyl groups is 1. The fourth-order valence-electron chi connectivity index (χ4n) is 12.8. The lowest BCUT2D eigenvalue weighted by Gasteiger charge is -2.70. The van der Waals surface area contributed by atoms with Crippen molar-refractivity contribution in [1.82, 2.24) is 0 Å². The summed E-state index contributed by atoms with van der Waals surface area (Å²) in [6.45, 7) is 17.5. The normalized spacial score (nSPS) is 45.3. The van der Waals surface area contributed by atoms with E-state index in [9.17, 15) is 29.7 Å². The third-order valence-electron chi connectivity index (χ3n) is 14.9. The van der Waals surface area contributed by atoms with Crippen molar-refractivity contribution in [2.75, 3.05) is 0 Å². The number of allylic oxidation sites excluding steroid dienone is 1. The van der Waals surface area contributed by atoms with Gasteiger partial charge in [-0.1, -0.05) is 46.8 Å². The number of hydrogen-bond acceptors (Lipinski definition) is 5. The Balaban J connectivity index is 1.40. The van der Waals surface area contributed by atoms with Crippen LogP contribution in [0.25, 0.3) is 0 Å². The van der Waals surface area contributed by atoms with Gasteiger partial charge in [-0.3, -0.25) is 9.59 Å².